The number of aryl methyl sites for hydroxylation is 1. The molecule has 6 heteroatoms. The Morgan fingerprint density at radius 1 is 1.21 bits per heavy atom. The first kappa shape index (κ1) is 20.3. The lowest BCUT2D eigenvalue weighted by Gasteiger charge is -2.43. The van der Waals surface area contributed by atoms with Crippen LogP contribution in [0.25, 0.3) is 11.6 Å². The van der Waals surface area contributed by atoms with Gasteiger partial charge in [-0.1, -0.05) is 13.0 Å². The van der Waals surface area contributed by atoms with Gasteiger partial charge in [-0.3, -0.25) is 19.8 Å². The minimum absolute atomic E-state index is 0.0584. The first-order chi connectivity index (χ1) is 13.1. The lowest BCUT2D eigenvalue weighted by Crippen LogP contribution is -2.52. The van der Waals surface area contributed by atoms with Gasteiger partial charge in [0.2, 0.25) is 0 Å². The van der Waals surface area contributed by atoms with Gasteiger partial charge in [0.05, 0.1) is 5.54 Å². The Kier molecular flexibility index (Phi) is 5.19. The molecule has 5 nitrogen and oxygen atoms in total. The van der Waals surface area contributed by atoms with Crippen molar-refractivity contribution < 1.29 is 9.59 Å². The van der Waals surface area contributed by atoms with Crippen LogP contribution in [0.1, 0.15) is 50.8 Å². The Balaban J connectivity index is 2.12. The zero-order chi connectivity index (χ0) is 20.8. The third-order valence-electron chi connectivity index (χ3n) is 5.42. The number of rotatable bonds is 3. The van der Waals surface area contributed by atoms with Gasteiger partial charge in [0.15, 0.2) is 5.11 Å². The number of allylic oxidation sites excluding steroid dienone is 1. The van der Waals surface area contributed by atoms with Crippen molar-refractivity contribution in [3.05, 3.63) is 40.5 Å². The molecule has 0 unspecified atom stereocenters. The van der Waals surface area contributed by atoms with Crippen LogP contribution in [0, 0.1) is 6.92 Å². The van der Waals surface area contributed by atoms with Crippen LogP contribution in [0.4, 0.5) is 5.69 Å². The van der Waals surface area contributed by atoms with Crippen molar-refractivity contribution >= 4 is 46.5 Å². The van der Waals surface area contributed by atoms with E-state index in [2.05, 4.69) is 56.1 Å². The van der Waals surface area contributed by atoms with Crippen LogP contribution in [0.3, 0.4) is 0 Å². The molecule has 1 N–H and O–H groups in total. The molecule has 0 aromatic heterocycles. The number of hydrogen-bond donors (Lipinski definition) is 1. The van der Waals surface area contributed by atoms with E-state index in [9.17, 15) is 9.59 Å². The van der Waals surface area contributed by atoms with E-state index < -0.39 is 5.91 Å². The third-order valence-corrected chi connectivity index (χ3v) is 5.79. The first-order valence-electron chi connectivity index (χ1n) is 9.54. The molecule has 1 aromatic rings. The van der Waals surface area contributed by atoms with E-state index in [0.29, 0.717) is 0 Å². The third kappa shape index (κ3) is 3.37. The van der Waals surface area contributed by atoms with Gasteiger partial charge in [-0.05, 0) is 81.2 Å². The molecule has 2 heterocycles. The fraction of sp³-hybridized carbons (Fsp3) is 0.409. The van der Waals surface area contributed by atoms with Crippen molar-refractivity contribution in [1.82, 2.24) is 10.2 Å². The fourth-order valence-corrected chi connectivity index (χ4v) is 4.11. The Labute approximate surface area is 172 Å². The average molecular weight is 398 g/mol. The van der Waals surface area contributed by atoms with Crippen molar-refractivity contribution in [3.63, 3.8) is 0 Å². The minimum Gasteiger partial charge on any atom is -0.362 e. The number of hydrogen-bond acceptors (Lipinski definition) is 4. The van der Waals surface area contributed by atoms with Crippen molar-refractivity contribution in [3.8, 4) is 0 Å². The molecule has 0 spiro atoms. The molecule has 0 aliphatic carbocycles. The number of carbonyl (C=O) groups is 2. The fourth-order valence-electron chi connectivity index (χ4n) is 3.93. The molecule has 1 fully saturated rings. The van der Waals surface area contributed by atoms with Crippen molar-refractivity contribution in [2.24, 2.45) is 0 Å². The highest BCUT2D eigenvalue weighted by molar-refractivity contribution is 7.80. The van der Waals surface area contributed by atoms with Crippen molar-refractivity contribution in [2.45, 2.75) is 46.6 Å². The van der Waals surface area contributed by atoms with Gasteiger partial charge >= 0.3 is 0 Å². The summed E-state index contributed by atoms with van der Waals surface area (Å²) in [7, 11) is 1.56. The number of thiocarbonyl (C=S) groups is 1. The minimum atomic E-state index is -0.453. The number of carbonyl (C=O) groups excluding carboxylic acids is 2. The molecule has 0 bridgehead atoms. The molecule has 2 aliphatic rings. The van der Waals surface area contributed by atoms with Crippen LogP contribution in [0.5, 0.6) is 0 Å². The number of anilines is 1. The summed E-state index contributed by atoms with van der Waals surface area (Å²) in [5.41, 5.74) is 5.46. The van der Waals surface area contributed by atoms with Crippen LogP contribution < -0.4 is 10.2 Å². The molecule has 1 aromatic carbocycles. The number of benzene rings is 1. The number of nitrogens with zero attached hydrogens (tertiary/aromatic N) is 2. The SMILES string of the molecule is CCCN1c2cc(C)c(/C=C3/C(=O)NC(=S)N(C)C3=O)cc2C(C)=CC1(C)C. The van der Waals surface area contributed by atoms with Crippen LogP contribution in [0.15, 0.2) is 23.8 Å². The highest BCUT2D eigenvalue weighted by Crippen LogP contribution is 2.40. The summed E-state index contributed by atoms with van der Waals surface area (Å²) in [6.07, 6.45) is 5.01. The van der Waals surface area contributed by atoms with Gasteiger partial charge < -0.3 is 4.90 Å². The number of amides is 2. The Morgan fingerprint density at radius 2 is 1.89 bits per heavy atom. The maximum Gasteiger partial charge on any atom is 0.265 e. The van der Waals surface area contributed by atoms with E-state index in [4.69, 9.17) is 12.2 Å². The van der Waals surface area contributed by atoms with Crippen LogP contribution in [0.2, 0.25) is 0 Å². The maximum atomic E-state index is 12.5. The molecule has 1 saturated heterocycles. The van der Waals surface area contributed by atoms with E-state index in [1.165, 1.54) is 16.2 Å². The maximum absolute atomic E-state index is 12.5. The standard InChI is InChI=1S/C22H27N3O2S/c1-7-8-25-18-9-13(2)15(10-16(18)14(3)12-22(25,4)5)11-17-19(26)23-21(28)24(6)20(17)27/h9-12H,7-8H2,1-6H3,(H,23,26,28)/b17-11-. The van der Waals surface area contributed by atoms with Gasteiger partial charge in [0.1, 0.15) is 5.57 Å². The van der Waals surface area contributed by atoms with Gasteiger partial charge in [-0.2, -0.15) is 0 Å². The summed E-state index contributed by atoms with van der Waals surface area (Å²) in [5, 5.41) is 2.69. The molecule has 0 radical (unpaired) electrons. The Bertz CT molecular complexity index is 943. The van der Waals surface area contributed by atoms with Crippen molar-refractivity contribution in [2.75, 3.05) is 18.5 Å². The number of likely N-dealkylation sites (N-methyl/N-ethyl adjacent to an activating group) is 1. The summed E-state index contributed by atoms with van der Waals surface area (Å²) >= 11 is 5.01. The van der Waals surface area contributed by atoms with Crippen LogP contribution >= 0.6 is 12.2 Å². The van der Waals surface area contributed by atoms with Gasteiger partial charge in [0, 0.05) is 24.8 Å². The van der Waals surface area contributed by atoms with E-state index in [0.717, 1.165) is 29.7 Å². The van der Waals surface area contributed by atoms with Crippen LogP contribution in [-0.4, -0.2) is 41.0 Å². The predicted molar refractivity (Wildman–Crippen MR) is 118 cm³/mol. The first-order valence-corrected chi connectivity index (χ1v) is 9.94. The topological polar surface area (TPSA) is 52.7 Å². The zero-order valence-electron chi connectivity index (χ0n) is 17.3. The molecule has 0 atom stereocenters. The number of fused-ring (bicyclic) bond motifs is 1. The predicted octanol–water partition coefficient (Wildman–Crippen LogP) is 3.66. The zero-order valence-corrected chi connectivity index (χ0v) is 18.2. The van der Waals surface area contributed by atoms with Crippen molar-refractivity contribution in [1.29, 1.82) is 0 Å². The molecule has 2 amide bonds. The molecule has 148 valence electrons. The average Bonchev–Trinajstić information content (AvgIpc) is 2.60. The summed E-state index contributed by atoms with van der Waals surface area (Å²) in [5.74, 6) is -0.835. The molecule has 2 aliphatic heterocycles. The van der Waals surface area contributed by atoms with E-state index in [1.807, 2.05) is 6.92 Å². The second kappa shape index (κ2) is 7.17. The van der Waals surface area contributed by atoms with Gasteiger partial charge in [0.25, 0.3) is 11.8 Å². The lowest BCUT2D eigenvalue weighted by molar-refractivity contribution is -0.128. The normalized spacial score (nSPS) is 20.3. The summed E-state index contributed by atoms with van der Waals surface area (Å²) in [6, 6.07) is 4.24. The monoisotopic (exact) mass is 397 g/mol. The Hall–Kier alpha value is -2.47. The smallest absolute Gasteiger partial charge is 0.265 e. The van der Waals surface area contributed by atoms with Crippen LogP contribution in [-0.2, 0) is 9.59 Å². The van der Waals surface area contributed by atoms with E-state index >= 15 is 0 Å². The number of nitrogens with one attached hydrogen (secondary N) is 1. The quantitative estimate of drug-likeness (QED) is 0.480. The molecular formula is C22H27N3O2S. The second-order valence-electron chi connectivity index (χ2n) is 8.04. The molecule has 0 saturated carbocycles. The van der Waals surface area contributed by atoms with Gasteiger partial charge in [-0.25, -0.2) is 0 Å². The summed E-state index contributed by atoms with van der Waals surface area (Å²) < 4.78 is 0. The molecule has 3 rings (SSSR count). The molecular weight excluding hydrogens is 370 g/mol. The lowest BCUT2D eigenvalue weighted by atomic mass is 9.86. The highest BCUT2D eigenvalue weighted by atomic mass is 32.1. The summed E-state index contributed by atoms with van der Waals surface area (Å²) in [6.45, 7) is 11.7. The second-order valence-corrected chi connectivity index (χ2v) is 8.43. The summed E-state index contributed by atoms with van der Waals surface area (Å²) in [4.78, 5) is 28.5. The van der Waals surface area contributed by atoms with E-state index in [-0.39, 0.29) is 22.1 Å². The van der Waals surface area contributed by atoms with E-state index in [1.54, 1.807) is 13.1 Å². The molecule has 28 heavy (non-hydrogen) atoms. The highest BCUT2D eigenvalue weighted by Gasteiger charge is 2.33. The largest absolute Gasteiger partial charge is 0.362 e. The van der Waals surface area contributed by atoms with Gasteiger partial charge in [-0.15, -0.1) is 0 Å². The Morgan fingerprint density at radius 3 is 2.54 bits per heavy atom.